The van der Waals surface area contributed by atoms with Crippen LogP contribution in [-0.2, 0) is 4.79 Å². The Morgan fingerprint density at radius 1 is 1.30 bits per heavy atom. The van der Waals surface area contributed by atoms with Crippen molar-refractivity contribution in [2.45, 2.75) is 12.3 Å². The van der Waals surface area contributed by atoms with Gasteiger partial charge in [-0.25, -0.2) is 18.4 Å². The predicted octanol–water partition coefficient (Wildman–Crippen LogP) is 2.11. The fourth-order valence-corrected chi connectivity index (χ4v) is 1.42. The van der Waals surface area contributed by atoms with Crippen LogP contribution in [0.15, 0.2) is 36.9 Å². The Hall–Kier alpha value is -2.45. The minimum atomic E-state index is -4.77. The minimum absolute atomic E-state index is 0.0803. The van der Waals surface area contributed by atoms with Gasteiger partial charge >= 0.3 is 18.3 Å². The minimum Gasteiger partial charge on any atom is -0.319 e. The van der Waals surface area contributed by atoms with E-state index in [0.717, 1.165) is 0 Å². The second-order valence-corrected chi connectivity index (χ2v) is 3.73. The van der Waals surface area contributed by atoms with Gasteiger partial charge in [-0.1, -0.05) is 12.1 Å². The van der Waals surface area contributed by atoms with Gasteiger partial charge in [0.2, 0.25) is 0 Å². The molecule has 0 spiro atoms. The van der Waals surface area contributed by atoms with Crippen molar-refractivity contribution < 1.29 is 22.4 Å². The molecule has 0 bridgehead atoms. The summed E-state index contributed by atoms with van der Waals surface area (Å²) in [5.74, 6) is -6.85. The van der Waals surface area contributed by atoms with E-state index in [4.69, 9.17) is 0 Å². The molecule has 0 fully saturated rings. The third-order valence-corrected chi connectivity index (χ3v) is 2.39. The summed E-state index contributed by atoms with van der Waals surface area (Å²) in [4.78, 5) is 14.9. The standard InChI is InChI=1S/C11H8F4N4O/c12-9(13)11(14,15)10(20)18-7-3-1-2-4-8(7)19-6-16-5-17-19/h1-6,9H,(H,18,20). The lowest BCUT2D eigenvalue weighted by Crippen LogP contribution is -2.41. The maximum atomic E-state index is 12.9. The SMILES string of the molecule is O=C(Nc1ccccc1-n1cncn1)C(F)(F)C(F)F. The number of anilines is 1. The van der Waals surface area contributed by atoms with E-state index in [1.807, 2.05) is 0 Å². The van der Waals surface area contributed by atoms with Crippen molar-refractivity contribution in [3.63, 3.8) is 0 Å². The van der Waals surface area contributed by atoms with Crippen LogP contribution >= 0.6 is 0 Å². The van der Waals surface area contributed by atoms with E-state index in [1.165, 1.54) is 35.5 Å². The van der Waals surface area contributed by atoms with E-state index in [2.05, 4.69) is 10.1 Å². The van der Waals surface area contributed by atoms with E-state index in [0.29, 0.717) is 0 Å². The van der Waals surface area contributed by atoms with Gasteiger partial charge < -0.3 is 5.32 Å². The largest absolute Gasteiger partial charge is 0.383 e. The fraction of sp³-hybridized carbons (Fsp3) is 0.182. The number of carbonyl (C=O) groups is 1. The number of carbonyl (C=O) groups excluding carboxylic acids is 1. The molecule has 1 N–H and O–H groups in total. The first-order chi connectivity index (χ1) is 9.43. The Morgan fingerprint density at radius 2 is 2.00 bits per heavy atom. The molecule has 0 unspecified atom stereocenters. The van der Waals surface area contributed by atoms with Gasteiger partial charge in [0.25, 0.3) is 0 Å². The summed E-state index contributed by atoms with van der Waals surface area (Å²) >= 11 is 0. The molecule has 20 heavy (non-hydrogen) atoms. The van der Waals surface area contributed by atoms with Crippen molar-refractivity contribution in [1.29, 1.82) is 0 Å². The van der Waals surface area contributed by atoms with Gasteiger partial charge in [-0.05, 0) is 12.1 Å². The molecule has 1 aromatic heterocycles. The van der Waals surface area contributed by atoms with Gasteiger partial charge in [0.1, 0.15) is 12.7 Å². The fourth-order valence-electron chi connectivity index (χ4n) is 1.42. The van der Waals surface area contributed by atoms with E-state index in [-0.39, 0.29) is 11.4 Å². The Balaban J connectivity index is 2.29. The maximum Gasteiger partial charge on any atom is 0.383 e. The monoisotopic (exact) mass is 288 g/mol. The number of aromatic nitrogens is 3. The smallest absolute Gasteiger partial charge is 0.319 e. The average molecular weight is 288 g/mol. The second-order valence-electron chi connectivity index (χ2n) is 3.73. The van der Waals surface area contributed by atoms with E-state index >= 15 is 0 Å². The van der Waals surface area contributed by atoms with Crippen LogP contribution in [0, 0.1) is 0 Å². The number of halogens is 4. The van der Waals surface area contributed by atoms with Crippen LogP contribution in [-0.4, -0.2) is 33.0 Å². The first-order valence-corrected chi connectivity index (χ1v) is 5.34. The van der Waals surface area contributed by atoms with Gasteiger partial charge in [0.05, 0.1) is 11.4 Å². The summed E-state index contributed by atoms with van der Waals surface area (Å²) in [6, 6.07) is 5.77. The predicted molar refractivity (Wildman–Crippen MR) is 60.9 cm³/mol. The first-order valence-electron chi connectivity index (χ1n) is 5.34. The Kier molecular flexibility index (Phi) is 3.68. The number of hydrogen-bond donors (Lipinski definition) is 1. The molecule has 0 atom stereocenters. The lowest BCUT2D eigenvalue weighted by atomic mass is 10.2. The highest BCUT2D eigenvalue weighted by Gasteiger charge is 2.49. The molecule has 0 aliphatic heterocycles. The molecule has 106 valence electrons. The summed E-state index contributed by atoms with van der Waals surface area (Å²) in [5.41, 5.74) is 0.145. The van der Waals surface area contributed by atoms with Crippen molar-refractivity contribution in [3.8, 4) is 5.69 Å². The summed E-state index contributed by atoms with van der Waals surface area (Å²) in [5, 5.41) is 5.53. The molecule has 1 aromatic carbocycles. The van der Waals surface area contributed by atoms with E-state index in [9.17, 15) is 22.4 Å². The molecule has 0 aliphatic carbocycles. The highest BCUT2D eigenvalue weighted by Crippen LogP contribution is 2.26. The quantitative estimate of drug-likeness (QED) is 0.876. The van der Waals surface area contributed by atoms with E-state index < -0.39 is 18.3 Å². The summed E-state index contributed by atoms with van der Waals surface area (Å²) < 4.78 is 51.2. The molecule has 0 radical (unpaired) electrons. The zero-order valence-electron chi connectivity index (χ0n) is 9.80. The molecule has 2 rings (SSSR count). The molecule has 0 saturated carbocycles. The van der Waals surface area contributed by atoms with Crippen LogP contribution in [0.5, 0.6) is 0 Å². The normalized spacial score (nSPS) is 11.7. The highest BCUT2D eigenvalue weighted by atomic mass is 19.3. The summed E-state index contributed by atoms with van der Waals surface area (Å²) in [6.45, 7) is 0. The highest BCUT2D eigenvalue weighted by molar-refractivity contribution is 5.97. The average Bonchev–Trinajstić information content (AvgIpc) is 2.92. The number of nitrogens with zero attached hydrogens (tertiary/aromatic N) is 3. The molecular weight excluding hydrogens is 280 g/mol. The zero-order chi connectivity index (χ0) is 14.8. The van der Waals surface area contributed by atoms with Gasteiger partial charge in [-0.3, -0.25) is 4.79 Å². The lowest BCUT2D eigenvalue weighted by Gasteiger charge is -2.16. The number of alkyl halides is 4. The number of nitrogens with one attached hydrogen (secondary N) is 1. The van der Waals surface area contributed by atoms with Gasteiger partial charge in [0.15, 0.2) is 0 Å². The maximum absolute atomic E-state index is 12.9. The Labute approximate surface area is 110 Å². The van der Waals surface area contributed by atoms with Crippen LogP contribution in [0.25, 0.3) is 5.69 Å². The topological polar surface area (TPSA) is 59.8 Å². The molecule has 2 aromatic rings. The first kappa shape index (κ1) is 14.0. The van der Waals surface area contributed by atoms with Gasteiger partial charge in [-0.2, -0.15) is 13.9 Å². The van der Waals surface area contributed by atoms with Crippen LogP contribution in [0.1, 0.15) is 0 Å². The van der Waals surface area contributed by atoms with Crippen molar-refractivity contribution in [1.82, 2.24) is 14.8 Å². The lowest BCUT2D eigenvalue weighted by molar-refractivity contribution is -0.163. The van der Waals surface area contributed by atoms with Crippen molar-refractivity contribution in [2.24, 2.45) is 0 Å². The summed E-state index contributed by atoms with van der Waals surface area (Å²) in [7, 11) is 0. The van der Waals surface area contributed by atoms with Crippen LogP contribution in [0.2, 0.25) is 0 Å². The number of hydrogen-bond acceptors (Lipinski definition) is 3. The van der Waals surface area contributed by atoms with Crippen molar-refractivity contribution in [2.75, 3.05) is 5.32 Å². The van der Waals surface area contributed by atoms with Crippen LogP contribution < -0.4 is 5.32 Å². The molecule has 1 amide bonds. The van der Waals surface area contributed by atoms with Gasteiger partial charge in [-0.15, -0.1) is 0 Å². The third-order valence-electron chi connectivity index (χ3n) is 2.39. The number of para-hydroxylation sites is 2. The Morgan fingerprint density at radius 3 is 2.60 bits per heavy atom. The molecule has 0 aliphatic rings. The van der Waals surface area contributed by atoms with E-state index in [1.54, 1.807) is 11.4 Å². The number of amides is 1. The van der Waals surface area contributed by atoms with Gasteiger partial charge in [0, 0.05) is 0 Å². The molecule has 9 heteroatoms. The third kappa shape index (κ3) is 2.60. The Bertz CT molecular complexity index is 600. The zero-order valence-corrected chi connectivity index (χ0v) is 9.80. The molecular formula is C11H8F4N4O. The summed E-state index contributed by atoms with van der Waals surface area (Å²) in [6.07, 6.45) is -1.61. The second kappa shape index (κ2) is 5.27. The van der Waals surface area contributed by atoms with Crippen molar-refractivity contribution in [3.05, 3.63) is 36.9 Å². The van der Waals surface area contributed by atoms with Crippen LogP contribution in [0.4, 0.5) is 23.2 Å². The molecule has 5 nitrogen and oxygen atoms in total. The molecule has 0 saturated heterocycles. The van der Waals surface area contributed by atoms with Crippen molar-refractivity contribution >= 4 is 11.6 Å². The number of rotatable bonds is 4. The number of benzene rings is 1. The van der Waals surface area contributed by atoms with Crippen LogP contribution in [0.3, 0.4) is 0 Å². The molecule has 1 heterocycles.